The van der Waals surface area contributed by atoms with Gasteiger partial charge in [-0.25, -0.2) is 9.59 Å². The van der Waals surface area contributed by atoms with Crippen LogP contribution in [0.15, 0.2) is 18.2 Å². The Labute approximate surface area is 103 Å². The number of aromatic nitrogens is 1. The molecule has 0 unspecified atom stereocenters. The van der Waals surface area contributed by atoms with E-state index in [-0.39, 0.29) is 16.8 Å². The minimum absolute atomic E-state index is 0.200. The Kier molecular flexibility index (Phi) is 2.74. The Hall–Kier alpha value is -2.43. The van der Waals surface area contributed by atoms with Gasteiger partial charge in [-0.3, -0.25) is 4.98 Å². The number of aryl methyl sites for hydroxylation is 2. The molecule has 0 aliphatic carbocycles. The first kappa shape index (κ1) is 12.0. The summed E-state index contributed by atoms with van der Waals surface area (Å²) in [5, 5.41) is 18.7. The maximum atomic E-state index is 11.3. The molecule has 1 aromatic carbocycles. The van der Waals surface area contributed by atoms with Gasteiger partial charge in [0.15, 0.2) is 0 Å². The van der Waals surface area contributed by atoms with E-state index in [1.165, 1.54) is 6.92 Å². The van der Waals surface area contributed by atoms with Crippen molar-refractivity contribution in [3.05, 3.63) is 40.6 Å². The molecule has 0 amide bonds. The average molecular weight is 245 g/mol. The minimum Gasteiger partial charge on any atom is -0.478 e. The molecule has 0 fully saturated rings. The first-order valence-corrected chi connectivity index (χ1v) is 5.29. The van der Waals surface area contributed by atoms with E-state index in [1.807, 2.05) is 6.92 Å². The van der Waals surface area contributed by atoms with Crippen molar-refractivity contribution in [1.29, 1.82) is 0 Å². The number of carboxylic acid groups (broad SMARTS) is 2. The van der Waals surface area contributed by atoms with Crippen molar-refractivity contribution < 1.29 is 19.8 Å². The van der Waals surface area contributed by atoms with E-state index in [2.05, 4.69) is 4.98 Å². The Balaban J connectivity index is 3.01. The van der Waals surface area contributed by atoms with Crippen LogP contribution in [0.2, 0.25) is 0 Å². The summed E-state index contributed by atoms with van der Waals surface area (Å²) in [6, 6.07) is 5.13. The van der Waals surface area contributed by atoms with Crippen molar-refractivity contribution in [2.75, 3.05) is 0 Å². The molecule has 0 bridgehead atoms. The zero-order chi connectivity index (χ0) is 13.4. The van der Waals surface area contributed by atoms with Gasteiger partial charge in [-0.2, -0.15) is 0 Å². The van der Waals surface area contributed by atoms with Crippen LogP contribution in [0.3, 0.4) is 0 Å². The molecule has 92 valence electrons. The lowest BCUT2D eigenvalue weighted by Crippen LogP contribution is -2.12. The predicted octanol–water partition coefficient (Wildman–Crippen LogP) is 2.25. The number of hydrogen-bond acceptors (Lipinski definition) is 3. The van der Waals surface area contributed by atoms with Crippen molar-refractivity contribution in [1.82, 2.24) is 4.98 Å². The van der Waals surface area contributed by atoms with Crippen LogP contribution < -0.4 is 0 Å². The Morgan fingerprint density at radius 2 is 1.67 bits per heavy atom. The van der Waals surface area contributed by atoms with Gasteiger partial charge in [-0.05, 0) is 26.0 Å². The maximum absolute atomic E-state index is 11.3. The molecule has 0 saturated heterocycles. The van der Waals surface area contributed by atoms with Crippen LogP contribution in [0.4, 0.5) is 0 Å². The molecule has 0 saturated carbocycles. The highest BCUT2D eigenvalue weighted by molar-refractivity contribution is 6.11. The molecule has 0 spiro atoms. The van der Waals surface area contributed by atoms with E-state index in [4.69, 9.17) is 5.11 Å². The van der Waals surface area contributed by atoms with E-state index >= 15 is 0 Å². The fourth-order valence-corrected chi connectivity index (χ4v) is 1.98. The smallest absolute Gasteiger partial charge is 0.338 e. The van der Waals surface area contributed by atoms with Gasteiger partial charge < -0.3 is 10.2 Å². The molecule has 2 aromatic rings. The van der Waals surface area contributed by atoms with Crippen molar-refractivity contribution >= 4 is 22.8 Å². The van der Waals surface area contributed by atoms with Crippen LogP contribution in [0.1, 0.15) is 32.0 Å². The summed E-state index contributed by atoms with van der Waals surface area (Å²) in [5.74, 6) is -2.53. The lowest BCUT2D eigenvalue weighted by atomic mass is 9.99. The summed E-state index contributed by atoms with van der Waals surface area (Å²) < 4.78 is 0. The van der Waals surface area contributed by atoms with Crippen LogP contribution in [0.25, 0.3) is 10.9 Å². The molecule has 5 nitrogen and oxygen atoms in total. The second kappa shape index (κ2) is 4.10. The monoisotopic (exact) mass is 245 g/mol. The summed E-state index contributed by atoms with van der Waals surface area (Å²) in [5.41, 5.74) is 1.10. The second-order valence-corrected chi connectivity index (χ2v) is 4.08. The number of fused-ring (bicyclic) bond motifs is 1. The third-order valence-corrected chi connectivity index (χ3v) is 2.75. The van der Waals surface area contributed by atoms with Crippen molar-refractivity contribution in [3.8, 4) is 0 Å². The average Bonchev–Trinajstić information content (AvgIpc) is 2.27. The Morgan fingerprint density at radius 1 is 1.06 bits per heavy atom. The second-order valence-electron chi connectivity index (χ2n) is 4.08. The third-order valence-electron chi connectivity index (χ3n) is 2.75. The van der Waals surface area contributed by atoms with Gasteiger partial charge in [0.1, 0.15) is 0 Å². The summed E-state index contributed by atoms with van der Waals surface area (Å²) >= 11 is 0. The molecule has 0 aliphatic rings. The number of carboxylic acids is 2. The lowest BCUT2D eigenvalue weighted by Gasteiger charge is -2.09. The van der Waals surface area contributed by atoms with Crippen LogP contribution >= 0.6 is 0 Å². The Bertz CT molecular complexity index is 676. The molecular weight excluding hydrogens is 234 g/mol. The quantitative estimate of drug-likeness (QED) is 0.847. The maximum Gasteiger partial charge on any atom is 0.338 e. The largest absolute Gasteiger partial charge is 0.478 e. The Morgan fingerprint density at radius 3 is 2.22 bits per heavy atom. The van der Waals surface area contributed by atoms with E-state index in [0.29, 0.717) is 10.9 Å². The first-order valence-electron chi connectivity index (χ1n) is 5.29. The molecule has 5 heteroatoms. The first-order chi connectivity index (χ1) is 8.41. The summed E-state index contributed by atoms with van der Waals surface area (Å²) in [6.07, 6.45) is 0. The van der Waals surface area contributed by atoms with E-state index in [9.17, 15) is 14.7 Å². The molecule has 1 aromatic heterocycles. The SMILES string of the molecule is Cc1ccc2nc(C)c(C(=O)O)c(C(=O)O)c2c1. The minimum atomic E-state index is -1.28. The van der Waals surface area contributed by atoms with Gasteiger partial charge >= 0.3 is 11.9 Å². The molecule has 0 radical (unpaired) electrons. The molecule has 1 heterocycles. The predicted molar refractivity (Wildman–Crippen MR) is 65.1 cm³/mol. The molecule has 0 aliphatic heterocycles. The molecule has 0 atom stereocenters. The van der Waals surface area contributed by atoms with Crippen molar-refractivity contribution in [2.45, 2.75) is 13.8 Å². The zero-order valence-corrected chi connectivity index (χ0v) is 9.89. The molecule has 2 rings (SSSR count). The number of pyridine rings is 1. The van der Waals surface area contributed by atoms with Crippen LogP contribution in [0.5, 0.6) is 0 Å². The zero-order valence-electron chi connectivity index (χ0n) is 9.89. The number of nitrogens with zero attached hydrogens (tertiary/aromatic N) is 1. The molecular formula is C13H11NO4. The van der Waals surface area contributed by atoms with E-state index in [1.54, 1.807) is 18.2 Å². The van der Waals surface area contributed by atoms with Crippen molar-refractivity contribution in [2.24, 2.45) is 0 Å². The highest BCUT2D eigenvalue weighted by Crippen LogP contribution is 2.24. The van der Waals surface area contributed by atoms with Gasteiger partial charge in [0.2, 0.25) is 0 Å². The number of rotatable bonds is 2. The number of aromatic carboxylic acids is 2. The third kappa shape index (κ3) is 1.79. The van der Waals surface area contributed by atoms with Crippen LogP contribution in [-0.4, -0.2) is 27.1 Å². The van der Waals surface area contributed by atoms with Gasteiger partial charge in [0.05, 0.1) is 22.3 Å². The summed E-state index contributed by atoms with van der Waals surface area (Å²) in [7, 11) is 0. The van der Waals surface area contributed by atoms with Gasteiger partial charge in [0, 0.05) is 5.39 Å². The topological polar surface area (TPSA) is 87.5 Å². The fraction of sp³-hybridized carbons (Fsp3) is 0.154. The van der Waals surface area contributed by atoms with Crippen LogP contribution in [-0.2, 0) is 0 Å². The fourth-order valence-electron chi connectivity index (χ4n) is 1.98. The highest BCUT2D eigenvalue weighted by atomic mass is 16.4. The standard InChI is InChI=1S/C13H11NO4/c1-6-3-4-9-8(5-6)11(13(17)18)10(12(15)16)7(2)14-9/h3-5H,1-2H3,(H,15,16)(H,17,18). The number of benzene rings is 1. The van der Waals surface area contributed by atoms with Gasteiger partial charge in [0.25, 0.3) is 0 Å². The van der Waals surface area contributed by atoms with Crippen molar-refractivity contribution in [3.63, 3.8) is 0 Å². The molecule has 18 heavy (non-hydrogen) atoms. The van der Waals surface area contributed by atoms with E-state index < -0.39 is 11.9 Å². The van der Waals surface area contributed by atoms with E-state index in [0.717, 1.165) is 5.56 Å². The highest BCUT2D eigenvalue weighted by Gasteiger charge is 2.23. The van der Waals surface area contributed by atoms with Crippen LogP contribution in [0, 0.1) is 13.8 Å². The number of hydrogen-bond donors (Lipinski definition) is 2. The van der Waals surface area contributed by atoms with Gasteiger partial charge in [-0.15, -0.1) is 0 Å². The molecule has 2 N–H and O–H groups in total. The lowest BCUT2D eigenvalue weighted by molar-refractivity contribution is 0.0652. The van der Waals surface area contributed by atoms with Gasteiger partial charge in [-0.1, -0.05) is 11.6 Å². The number of carbonyl (C=O) groups is 2. The normalized spacial score (nSPS) is 10.6. The summed E-state index contributed by atoms with van der Waals surface area (Å²) in [4.78, 5) is 26.6. The summed E-state index contributed by atoms with van der Waals surface area (Å²) in [6.45, 7) is 3.31.